The van der Waals surface area contributed by atoms with Crippen LogP contribution in [0.4, 0.5) is 22.0 Å². The zero-order chi connectivity index (χ0) is 20.8. The van der Waals surface area contributed by atoms with Crippen molar-refractivity contribution in [1.82, 2.24) is 0 Å². The first-order valence-electron chi connectivity index (χ1n) is 11.0. The number of hydrogen-bond donors (Lipinski definition) is 0. The minimum Gasteiger partial charge on any atom is -0.487 e. The number of ether oxygens (including phenoxy) is 1. The summed E-state index contributed by atoms with van der Waals surface area (Å²) in [6, 6.07) is 0. The van der Waals surface area contributed by atoms with Gasteiger partial charge >= 0.3 is 0 Å². The van der Waals surface area contributed by atoms with Gasteiger partial charge in [0.1, 0.15) is 0 Å². The predicted molar refractivity (Wildman–Crippen MR) is 100.0 cm³/mol. The minimum absolute atomic E-state index is 0.00705. The van der Waals surface area contributed by atoms with E-state index in [4.69, 9.17) is 4.74 Å². The SMILES string of the molecule is CCCC1CCC(C2CC3(CC(COc4c(F)c(F)c(F)c(F)c4F)C3)C2)CC1. The van der Waals surface area contributed by atoms with Crippen LogP contribution in [0.25, 0.3) is 0 Å². The van der Waals surface area contributed by atoms with Gasteiger partial charge in [0.05, 0.1) is 6.61 Å². The largest absolute Gasteiger partial charge is 0.487 e. The van der Waals surface area contributed by atoms with Crippen molar-refractivity contribution in [3.8, 4) is 5.75 Å². The molecule has 0 bridgehead atoms. The quantitative estimate of drug-likeness (QED) is 0.271. The molecule has 1 nitrogen and oxygen atoms in total. The van der Waals surface area contributed by atoms with Crippen molar-refractivity contribution in [2.45, 2.75) is 71.1 Å². The third kappa shape index (κ3) is 3.88. The van der Waals surface area contributed by atoms with Crippen molar-refractivity contribution in [2.75, 3.05) is 6.61 Å². The van der Waals surface area contributed by atoms with Crippen LogP contribution in [0.15, 0.2) is 0 Å². The second kappa shape index (κ2) is 8.07. The molecule has 0 aromatic heterocycles. The molecule has 0 aliphatic heterocycles. The lowest BCUT2D eigenvalue weighted by Gasteiger charge is -2.60. The molecular weight excluding hydrogens is 387 g/mol. The minimum atomic E-state index is -2.15. The van der Waals surface area contributed by atoms with Gasteiger partial charge in [-0.05, 0) is 67.6 Å². The first-order valence-corrected chi connectivity index (χ1v) is 11.0. The smallest absolute Gasteiger partial charge is 0.206 e. The van der Waals surface area contributed by atoms with E-state index in [0.29, 0.717) is 5.41 Å². The van der Waals surface area contributed by atoms with Gasteiger partial charge in [-0.25, -0.2) is 13.2 Å². The summed E-state index contributed by atoms with van der Waals surface area (Å²) in [6.45, 7) is 2.25. The molecule has 3 fully saturated rings. The summed E-state index contributed by atoms with van der Waals surface area (Å²) in [5.74, 6) is -8.33. The van der Waals surface area contributed by atoms with Crippen LogP contribution in [0.1, 0.15) is 71.1 Å². The Kier molecular flexibility index (Phi) is 5.82. The van der Waals surface area contributed by atoms with Crippen LogP contribution >= 0.6 is 0 Å². The molecule has 1 spiro atoms. The van der Waals surface area contributed by atoms with Crippen molar-refractivity contribution in [2.24, 2.45) is 29.1 Å². The lowest BCUT2D eigenvalue weighted by atomic mass is 9.45. The molecule has 1 aromatic rings. The second-order valence-electron chi connectivity index (χ2n) is 9.72. The Balaban J connectivity index is 1.23. The van der Waals surface area contributed by atoms with Crippen LogP contribution in [0.5, 0.6) is 5.75 Å². The molecule has 6 heteroatoms. The lowest BCUT2D eigenvalue weighted by molar-refractivity contribution is -0.103. The maximum atomic E-state index is 13.7. The van der Waals surface area contributed by atoms with Gasteiger partial charge in [-0.1, -0.05) is 32.6 Å². The summed E-state index contributed by atoms with van der Waals surface area (Å²) in [4.78, 5) is 0. The summed E-state index contributed by atoms with van der Waals surface area (Å²) in [7, 11) is 0. The van der Waals surface area contributed by atoms with E-state index in [1.807, 2.05) is 0 Å². The van der Waals surface area contributed by atoms with E-state index in [0.717, 1.165) is 30.6 Å². The van der Waals surface area contributed by atoms with E-state index in [1.165, 1.54) is 51.4 Å². The zero-order valence-electron chi connectivity index (χ0n) is 16.9. The third-order valence-corrected chi connectivity index (χ3v) is 7.72. The fourth-order valence-corrected chi connectivity index (χ4v) is 6.27. The Morgan fingerprint density at radius 1 is 0.724 bits per heavy atom. The first kappa shape index (κ1) is 20.9. The Morgan fingerprint density at radius 3 is 1.83 bits per heavy atom. The first-order chi connectivity index (χ1) is 13.8. The maximum absolute atomic E-state index is 13.7. The molecule has 0 saturated heterocycles. The molecule has 0 heterocycles. The summed E-state index contributed by atoms with van der Waals surface area (Å²) in [6.07, 6.45) is 12.3. The number of benzene rings is 1. The molecule has 3 aliphatic carbocycles. The Labute approximate surface area is 169 Å². The summed E-state index contributed by atoms with van der Waals surface area (Å²) in [5, 5.41) is 0. The molecule has 0 radical (unpaired) electrons. The molecule has 4 rings (SSSR count). The molecular formula is C23H29F5O. The van der Waals surface area contributed by atoms with Crippen LogP contribution in [-0.2, 0) is 0 Å². The average molecular weight is 416 g/mol. The van der Waals surface area contributed by atoms with E-state index in [1.54, 1.807) is 0 Å². The van der Waals surface area contributed by atoms with E-state index < -0.39 is 34.8 Å². The van der Waals surface area contributed by atoms with Crippen LogP contribution < -0.4 is 4.74 Å². The van der Waals surface area contributed by atoms with E-state index in [2.05, 4.69) is 6.92 Å². The van der Waals surface area contributed by atoms with Crippen molar-refractivity contribution in [3.63, 3.8) is 0 Å². The fourth-order valence-electron chi connectivity index (χ4n) is 6.27. The standard InChI is InChI=1S/C23H29F5O/c1-2-3-13-4-6-15(7-5-13)16-10-23(11-16)8-14(9-23)12-29-22-20(27)18(25)17(24)19(26)21(22)28/h13-16H,2-12H2,1H3. The highest BCUT2D eigenvalue weighted by molar-refractivity contribution is 5.29. The number of halogens is 5. The monoisotopic (exact) mass is 416 g/mol. The van der Waals surface area contributed by atoms with Gasteiger partial charge in [-0.3, -0.25) is 0 Å². The molecule has 1 aromatic carbocycles. The molecule has 0 amide bonds. The highest BCUT2D eigenvalue weighted by atomic mass is 19.2. The van der Waals surface area contributed by atoms with Crippen molar-refractivity contribution < 1.29 is 26.7 Å². The van der Waals surface area contributed by atoms with Crippen LogP contribution in [0.3, 0.4) is 0 Å². The van der Waals surface area contributed by atoms with Crippen molar-refractivity contribution in [1.29, 1.82) is 0 Å². The van der Waals surface area contributed by atoms with Crippen molar-refractivity contribution in [3.05, 3.63) is 29.1 Å². The van der Waals surface area contributed by atoms with Gasteiger partial charge < -0.3 is 4.74 Å². The summed E-state index contributed by atoms with van der Waals surface area (Å²) >= 11 is 0. The van der Waals surface area contributed by atoms with E-state index in [-0.39, 0.29) is 12.5 Å². The maximum Gasteiger partial charge on any atom is 0.206 e. The fraction of sp³-hybridized carbons (Fsp3) is 0.739. The van der Waals surface area contributed by atoms with Crippen LogP contribution in [0.2, 0.25) is 0 Å². The molecule has 0 atom stereocenters. The summed E-state index contributed by atoms with van der Waals surface area (Å²) < 4.78 is 72.0. The van der Waals surface area contributed by atoms with Gasteiger partial charge in [-0.2, -0.15) is 8.78 Å². The van der Waals surface area contributed by atoms with Crippen LogP contribution in [-0.4, -0.2) is 6.61 Å². The molecule has 3 aliphatic rings. The highest BCUT2D eigenvalue weighted by Gasteiger charge is 2.54. The van der Waals surface area contributed by atoms with Gasteiger partial charge in [0.25, 0.3) is 0 Å². The Hall–Kier alpha value is -1.33. The van der Waals surface area contributed by atoms with Gasteiger partial charge in [0, 0.05) is 0 Å². The summed E-state index contributed by atoms with van der Waals surface area (Å²) in [5.41, 5.74) is 0.329. The predicted octanol–water partition coefficient (Wildman–Crippen LogP) is 7.17. The van der Waals surface area contributed by atoms with E-state index in [9.17, 15) is 22.0 Å². The van der Waals surface area contributed by atoms with Gasteiger partial charge in [0.2, 0.25) is 29.1 Å². The molecule has 29 heavy (non-hydrogen) atoms. The Bertz CT molecular complexity index is 713. The van der Waals surface area contributed by atoms with Crippen LogP contribution in [0, 0.1) is 58.2 Å². The Morgan fingerprint density at radius 2 is 1.28 bits per heavy atom. The number of hydrogen-bond acceptors (Lipinski definition) is 1. The zero-order valence-corrected chi connectivity index (χ0v) is 16.9. The molecule has 162 valence electrons. The lowest BCUT2D eigenvalue weighted by Crippen LogP contribution is -2.51. The van der Waals surface area contributed by atoms with Crippen molar-refractivity contribution >= 4 is 0 Å². The van der Waals surface area contributed by atoms with E-state index >= 15 is 0 Å². The molecule has 3 saturated carbocycles. The van der Waals surface area contributed by atoms with Gasteiger partial charge in [-0.15, -0.1) is 0 Å². The second-order valence-corrected chi connectivity index (χ2v) is 9.72. The average Bonchev–Trinajstić information content (AvgIpc) is 2.66. The normalized spacial score (nSPS) is 34.0. The van der Waals surface area contributed by atoms with Gasteiger partial charge in [0.15, 0.2) is 5.75 Å². The number of rotatable bonds is 6. The molecule has 0 N–H and O–H groups in total. The topological polar surface area (TPSA) is 9.23 Å². The third-order valence-electron chi connectivity index (χ3n) is 7.72. The molecule has 0 unspecified atom stereocenters. The highest BCUT2D eigenvalue weighted by Crippen LogP contribution is 2.64.